The van der Waals surface area contributed by atoms with Gasteiger partial charge < -0.3 is 43.9 Å². The summed E-state index contributed by atoms with van der Waals surface area (Å²) in [5.41, 5.74) is 1.63. The fraction of sp³-hybridized carbons (Fsp3) is 0.654. The van der Waals surface area contributed by atoms with E-state index in [4.69, 9.17) is 23.7 Å². The number of aliphatic hydroxyl groups excluding tert-OH is 2. The Morgan fingerprint density at radius 3 is 2.29 bits per heavy atom. The van der Waals surface area contributed by atoms with Crippen LogP contribution in [0.25, 0.3) is 10.8 Å². The van der Waals surface area contributed by atoms with Gasteiger partial charge in [0.1, 0.15) is 35.9 Å². The van der Waals surface area contributed by atoms with E-state index in [2.05, 4.69) is 6.92 Å². The number of hydrogen-bond donors (Lipinski definition) is 3. The molecule has 14 atom stereocenters. The van der Waals surface area contributed by atoms with Gasteiger partial charge in [0, 0.05) is 44.9 Å². The van der Waals surface area contributed by atoms with Crippen molar-refractivity contribution < 1.29 is 58.2 Å². The highest BCUT2D eigenvalue weighted by Crippen LogP contribution is 2.39. The Morgan fingerprint density at radius 1 is 0.877 bits per heavy atom. The molecule has 358 valence electrons. The van der Waals surface area contributed by atoms with E-state index in [1.807, 2.05) is 75.4 Å². The normalized spacial score (nSPS) is 37.4. The Bertz CT molecular complexity index is 2050. The monoisotopic (exact) mass is 904 g/mol. The number of cyclic esters (lactones) is 1. The summed E-state index contributed by atoms with van der Waals surface area (Å²) < 4.78 is 30.8. The zero-order valence-corrected chi connectivity index (χ0v) is 39.7. The van der Waals surface area contributed by atoms with Crippen molar-refractivity contribution in [3.05, 3.63) is 65.8 Å². The van der Waals surface area contributed by atoms with Crippen molar-refractivity contribution >= 4 is 34.2 Å². The molecule has 3 heterocycles. The molecular formula is C52H73NO12. The topological polar surface area (TPSA) is 178 Å². The molecule has 13 nitrogen and oxygen atoms in total. The van der Waals surface area contributed by atoms with Crippen molar-refractivity contribution in [2.24, 2.45) is 29.6 Å². The number of allylic oxidation sites excluding steroid dienone is 3. The third-order valence-electron chi connectivity index (χ3n) is 14.6. The number of methoxy groups -OCH3 is 2. The lowest BCUT2D eigenvalue weighted by molar-refractivity contribution is -0.302. The lowest BCUT2D eigenvalue weighted by atomic mass is 9.81. The van der Waals surface area contributed by atoms with Crippen LogP contribution in [0, 0.1) is 29.6 Å². The minimum absolute atomic E-state index is 0.0233. The number of carbonyl (C=O) groups is 4. The molecule has 3 fully saturated rings. The van der Waals surface area contributed by atoms with E-state index >= 15 is 0 Å². The largest absolute Gasteiger partial charge is 0.488 e. The van der Waals surface area contributed by atoms with E-state index in [9.17, 15) is 34.5 Å². The highest BCUT2D eigenvalue weighted by atomic mass is 16.7. The van der Waals surface area contributed by atoms with Crippen LogP contribution in [-0.4, -0.2) is 119 Å². The van der Waals surface area contributed by atoms with Gasteiger partial charge in [0.25, 0.3) is 11.7 Å². The van der Waals surface area contributed by atoms with E-state index in [1.165, 1.54) is 19.1 Å². The molecule has 1 saturated carbocycles. The van der Waals surface area contributed by atoms with Crippen molar-refractivity contribution in [3.8, 4) is 5.75 Å². The SMILES string of the molecule is CCC1/C=C(\C)CC(C)CC(OC)C2OC(O)(C(=O)C(=O)N3CCCCC3C(=O)OC(C(C)=CC3CCC(O)C(Oc4ccc5ccccc5c4)C3)C(C)C(O)CC1=O)C(C)CC2OC. The van der Waals surface area contributed by atoms with Crippen molar-refractivity contribution in [3.63, 3.8) is 0 Å². The maximum absolute atomic E-state index is 14.5. The number of aliphatic hydroxyl groups is 3. The number of ether oxygens (including phenoxy) is 5. The highest BCUT2D eigenvalue weighted by Gasteiger charge is 2.56. The molecule has 1 amide bonds. The number of nitrogens with zero attached hydrogens (tertiary/aromatic N) is 1. The number of carbonyl (C=O) groups excluding carboxylic acids is 4. The Morgan fingerprint density at radius 2 is 1.58 bits per heavy atom. The average molecular weight is 904 g/mol. The summed E-state index contributed by atoms with van der Waals surface area (Å²) in [6, 6.07) is 12.7. The summed E-state index contributed by atoms with van der Waals surface area (Å²) in [4.78, 5) is 58.4. The number of piperidine rings is 1. The molecule has 0 radical (unpaired) electrons. The number of fused-ring (bicyclic) bond motifs is 4. The van der Waals surface area contributed by atoms with Crippen molar-refractivity contribution in [2.75, 3.05) is 20.8 Å². The Balaban J connectivity index is 1.32. The Labute approximate surface area is 384 Å². The summed E-state index contributed by atoms with van der Waals surface area (Å²) >= 11 is 0. The van der Waals surface area contributed by atoms with Crippen LogP contribution in [0.4, 0.5) is 0 Å². The molecule has 2 bridgehead atoms. The average Bonchev–Trinajstić information content (AvgIpc) is 3.29. The summed E-state index contributed by atoms with van der Waals surface area (Å²) in [6.07, 6.45) is 3.10. The molecule has 6 rings (SSSR count). The van der Waals surface area contributed by atoms with E-state index < -0.39 is 90.0 Å². The minimum atomic E-state index is -2.52. The first-order valence-electron chi connectivity index (χ1n) is 23.9. The number of ketones is 2. The molecular weight excluding hydrogens is 831 g/mol. The maximum atomic E-state index is 14.5. The van der Waals surface area contributed by atoms with Gasteiger partial charge in [-0.15, -0.1) is 0 Å². The van der Waals surface area contributed by atoms with Gasteiger partial charge in [-0.05, 0) is 118 Å². The Kier molecular flexibility index (Phi) is 17.2. The van der Waals surface area contributed by atoms with Gasteiger partial charge in [0.05, 0.1) is 24.4 Å². The van der Waals surface area contributed by atoms with Crippen molar-refractivity contribution in [2.45, 2.75) is 167 Å². The number of Topliss-reactive ketones (excluding diaryl/α,β-unsaturated/α-hetero) is 2. The van der Waals surface area contributed by atoms with E-state index in [0.29, 0.717) is 62.7 Å². The number of esters is 1. The van der Waals surface area contributed by atoms with Crippen LogP contribution in [0.2, 0.25) is 0 Å². The van der Waals surface area contributed by atoms with Crippen LogP contribution in [-0.2, 0) is 38.1 Å². The lowest BCUT2D eigenvalue weighted by Crippen LogP contribution is -2.64. The predicted octanol–water partition coefficient (Wildman–Crippen LogP) is 7.06. The quantitative estimate of drug-likeness (QED) is 0.147. The van der Waals surface area contributed by atoms with Crippen LogP contribution in [0.15, 0.2) is 65.8 Å². The number of amides is 1. The second kappa shape index (κ2) is 22.2. The first-order valence-corrected chi connectivity index (χ1v) is 23.9. The molecule has 0 aromatic heterocycles. The summed E-state index contributed by atoms with van der Waals surface area (Å²) in [6.45, 7) is 11.3. The van der Waals surface area contributed by atoms with Gasteiger partial charge in [-0.2, -0.15) is 0 Å². The van der Waals surface area contributed by atoms with Crippen molar-refractivity contribution in [1.82, 2.24) is 4.90 Å². The zero-order valence-electron chi connectivity index (χ0n) is 39.7. The Hall–Kier alpha value is -3.98. The van der Waals surface area contributed by atoms with Gasteiger partial charge in [-0.3, -0.25) is 14.4 Å². The van der Waals surface area contributed by atoms with Gasteiger partial charge in [0.2, 0.25) is 5.79 Å². The van der Waals surface area contributed by atoms with Crippen LogP contribution < -0.4 is 4.74 Å². The van der Waals surface area contributed by atoms with E-state index in [1.54, 1.807) is 13.8 Å². The molecule has 2 aromatic rings. The molecule has 65 heavy (non-hydrogen) atoms. The fourth-order valence-corrected chi connectivity index (χ4v) is 10.7. The number of rotatable bonds is 7. The fourth-order valence-electron chi connectivity index (χ4n) is 10.7. The summed E-state index contributed by atoms with van der Waals surface area (Å²) in [5.74, 6) is -7.06. The van der Waals surface area contributed by atoms with Crippen LogP contribution in [0.5, 0.6) is 5.75 Å². The molecule has 1 aliphatic carbocycles. The first-order chi connectivity index (χ1) is 31.0. The minimum Gasteiger partial charge on any atom is -0.488 e. The molecule has 14 unspecified atom stereocenters. The number of benzene rings is 2. The second-order valence-electron chi connectivity index (χ2n) is 19.5. The van der Waals surface area contributed by atoms with Crippen LogP contribution >= 0.6 is 0 Å². The molecule has 2 aromatic carbocycles. The van der Waals surface area contributed by atoms with Gasteiger partial charge in [-0.25, -0.2) is 4.79 Å². The standard InChI is InChI=1S/C52H73NO12/c1-9-36-23-30(2)22-31(3)24-45(61-7)48-46(62-8)26-33(5)52(60,65-48)49(57)50(58)53-21-13-12-16-40(53)51(59)64-47(34(6)42(55)29-43(36)56)32(4)25-35-17-20-41(54)44(27-35)63-39-19-18-37-14-10-11-15-38(37)28-39/h10-11,14-15,18-19,23,25,28,31,33-36,40-42,44-48,54-55,60H,9,12-13,16-17,20-22,24,26-27,29H2,1-8H3/b30-23+,32-25?. The summed E-state index contributed by atoms with van der Waals surface area (Å²) in [5, 5.41) is 37.2. The first kappa shape index (κ1) is 50.4. The van der Waals surface area contributed by atoms with Gasteiger partial charge >= 0.3 is 5.97 Å². The molecule has 3 N–H and O–H groups in total. The third kappa shape index (κ3) is 11.8. The molecule has 13 heteroatoms. The van der Waals surface area contributed by atoms with Crippen molar-refractivity contribution in [1.29, 1.82) is 0 Å². The van der Waals surface area contributed by atoms with Gasteiger partial charge in [-0.1, -0.05) is 75.8 Å². The lowest BCUT2D eigenvalue weighted by Gasteiger charge is -2.47. The molecule has 2 saturated heterocycles. The van der Waals surface area contributed by atoms with Crippen LogP contribution in [0.1, 0.15) is 112 Å². The van der Waals surface area contributed by atoms with E-state index in [-0.39, 0.29) is 43.4 Å². The smallest absolute Gasteiger partial charge is 0.329 e. The predicted molar refractivity (Wildman–Crippen MR) is 246 cm³/mol. The molecule has 4 aliphatic rings. The number of hydrogen-bond acceptors (Lipinski definition) is 12. The van der Waals surface area contributed by atoms with Gasteiger partial charge in [0.15, 0.2) is 0 Å². The maximum Gasteiger partial charge on any atom is 0.329 e. The van der Waals surface area contributed by atoms with E-state index in [0.717, 1.165) is 16.3 Å². The third-order valence-corrected chi connectivity index (χ3v) is 14.6. The highest BCUT2D eigenvalue weighted by molar-refractivity contribution is 6.39. The molecule has 3 aliphatic heterocycles. The molecule has 0 spiro atoms. The second-order valence-corrected chi connectivity index (χ2v) is 19.5. The zero-order chi connectivity index (χ0) is 47.2. The van der Waals surface area contributed by atoms with Crippen LogP contribution in [0.3, 0.4) is 0 Å². The summed E-state index contributed by atoms with van der Waals surface area (Å²) in [7, 11) is 3.07.